The molecule has 4 rings (SSSR count). The predicted molar refractivity (Wildman–Crippen MR) is 96.4 cm³/mol. The summed E-state index contributed by atoms with van der Waals surface area (Å²) < 4.78 is 5.37. The van der Waals surface area contributed by atoms with Gasteiger partial charge in [0.15, 0.2) is 0 Å². The van der Waals surface area contributed by atoms with Crippen molar-refractivity contribution in [3.63, 3.8) is 0 Å². The van der Waals surface area contributed by atoms with E-state index in [0.29, 0.717) is 18.5 Å². The summed E-state index contributed by atoms with van der Waals surface area (Å²) in [6, 6.07) is 6.89. The molecule has 2 amide bonds. The Morgan fingerprint density at radius 3 is 3.00 bits per heavy atom. The SMILES string of the molecule is COc1ccc2c(c1)CCN1CC[C@@H](CN3C(=O)NCC3=S)C[C@@H]21. The average Bonchev–Trinajstić information content (AvgIpc) is 2.93. The summed E-state index contributed by atoms with van der Waals surface area (Å²) >= 11 is 5.31. The van der Waals surface area contributed by atoms with Crippen molar-refractivity contribution >= 4 is 23.2 Å². The molecule has 1 aromatic rings. The number of hydrogen-bond acceptors (Lipinski definition) is 4. The molecule has 1 N–H and O–H groups in total. The fourth-order valence-corrected chi connectivity index (χ4v) is 4.49. The van der Waals surface area contributed by atoms with E-state index in [1.807, 2.05) is 0 Å². The van der Waals surface area contributed by atoms with Gasteiger partial charge in [-0.3, -0.25) is 9.80 Å². The first-order chi connectivity index (χ1) is 11.7. The van der Waals surface area contributed by atoms with Gasteiger partial charge in [-0.05, 0) is 55.0 Å². The first kappa shape index (κ1) is 15.8. The summed E-state index contributed by atoms with van der Waals surface area (Å²) in [5, 5.41) is 2.82. The van der Waals surface area contributed by atoms with E-state index in [2.05, 4.69) is 28.4 Å². The number of nitrogens with one attached hydrogen (secondary N) is 1. The Morgan fingerprint density at radius 2 is 2.25 bits per heavy atom. The maximum atomic E-state index is 11.9. The zero-order valence-corrected chi connectivity index (χ0v) is 14.8. The van der Waals surface area contributed by atoms with Crippen LogP contribution in [0.1, 0.15) is 30.0 Å². The summed E-state index contributed by atoms with van der Waals surface area (Å²) in [6.07, 6.45) is 3.31. The quantitative estimate of drug-likeness (QED) is 0.854. The Balaban J connectivity index is 1.51. The molecule has 1 aromatic carbocycles. The highest BCUT2D eigenvalue weighted by molar-refractivity contribution is 7.80. The highest BCUT2D eigenvalue weighted by Gasteiger charge is 2.36. The fraction of sp³-hybridized carbons (Fsp3) is 0.556. The number of thiocarbonyl (C=S) groups is 1. The van der Waals surface area contributed by atoms with Crippen LogP contribution in [0.5, 0.6) is 5.75 Å². The predicted octanol–water partition coefficient (Wildman–Crippen LogP) is 2.36. The third-order valence-corrected chi connectivity index (χ3v) is 5.94. The van der Waals surface area contributed by atoms with Crippen molar-refractivity contribution in [3.05, 3.63) is 29.3 Å². The van der Waals surface area contributed by atoms with Gasteiger partial charge < -0.3 is 10.1 Å². The Kier molecular flexibility index (Phi) is 4.18. The number of carbonyl (C=O) groups excluding carboxylic acids is 1. The van der Waals surface area contributed by atoms with Crippen LogP contribution in [0.4, 0.5) is 4.79 Å². The van der Waals surface area contributed by atoms with Gasteiger partial charge in [-0.15, -0.1) is 0 Å². The lowest BCUT2D eigenvalue weighted by molar-refractivity contribution is 0.0963. The van der Waals surface area contributed by atoms with Gasteiger partial charge in [0.1, 0.15) is 10.7 Å². The van der Waals surface area contributed by atoms with Gasteiger partial charge in [-0.2, -0.15) is 0 Å². The molecule has 2 atom stereocenters. The molecule has 0 saturated carbocycles. The number of hydrogen-bond donors (Lipinski definition) is 1. The fourth-order valence-electron chi connectivity index (χ4n) is 4.26. The van der Waals surface area contributed by atoms with Crippen molar-refractivity contribution < 1.29 is 9.53 Å². The Labute approximate surface area is 147 Å². The van der Waals surface area contributed by atoms with E-state index in [9.17, 15) is 4.79 Å². The molecule has 3 heterocycles. The van der Waals surface area contributed by atoms with E-state index in [4.69, 9.17) is 17.0 Å². The summed E-state index contributed by atoms with van der Waals surface area (Å²) in [6.45, 7) is 3.47. The normalized spacial score (nSPS) is 26.8. The molecule has 128 valence electrons. The third-order valence-electron chi connectivity index (χ3n) is 5.58. The van der Waals surface area contributed by atoms with E-state index >= 15 is 0 Å². The molecule has 0 bridgehead atoms. The van der Waals surface area contributed by atoms with Gasteiger partial charge in [-0.1, -0.05) is 18.3 Å². The molecule has 24 heavy (non-hydrogen) atoms. The third kappa shape index (κ3) is 2.78. The van der Waals surface area contributed by atoms with Gasteiger partial charge in [0, 0.05) is 19.1 Å². The van der Waals surface area contributed by atoms with E-state index in [1.165, 1.54) is 11.1 Å². The maximum Gasteiger partial charge on any atom is 0.322 e. The highest BCUT2D eigenvalue weighted by Crippen LogP contribution is 2.40. The molecular weight excluding hydrogens is 322 g/mol. The molecule has 0 aromatic heterocycles. The molecule has 2 saturated heterocycles. The number of urea groups is 1. The summed E-state index contributed by atoms with van der Waals surface area (Å²) in [5.74, 6) is 1.44. The van der Waals surface area contributed by atoms with Crippen molar-refractivity contribution in [2.75, 3.05) is 33.3 Å². The van der Waals surface area contributed by atoms with E-state index < -0.39 is 0 Å². The van der Waals surface area contributed by atoms with Crippen LogP contribution in [0.15, 0.2) is 18.2 Å². The number of methoxy groups -OCH3 is 1. The molecule has 3 aliphatic rings. The first-order valence-electron chi connectivity index (χ1n) is 8.65. The lowest BCUT2D eigenvalue weighted by Gasteiger charge is -2.44. The molecular formula is C18H23N3O2S. The number of rotatable bonds is 3. The summed E-state index contributed by atoms with van der Waals surface area (Å²) in [5.41, 5.74) is 2.84. The molecule has 0 radical (unpaired) electrons. The molecule has 5 nitrogen and oxygen atoms in total. The Bertz CT molecular complexity index is 662. The molecule has 0 spiro atoms. The number of piperidine rings is 1. The van der Waals surface area contributed by atoms with Gasteiger partial charge >= 0.3 is 6.03 Å². The molecule has 3 aliphatic heterocycles. The highest BCUT2D eigenvalue weighted by atomic mass is 32.1. The van der Waals surface area contributed by atoms with Crippen molar-refractivity contribution in [2.24, 2.45) is 5.92 Å². The number of nitrogens with zero attached hydrogens (tertiary/aromatic N) is 2. The van der Waals surface area contributed by atoms with Crippen molar-refractivity contribution in [2.45, 2.75) is 25.3 Å². The molecule has 0 unspecified atom stereocenters. The standard InChI is InChI=1S/C18H23N3O2S/c1-23-14-2-3-15-13(9-14)5-7-20-6-4-12(8-16(15)20)11-21-17(24)10-19-18(21)22/h2-3,9,12,16H,4-8,10-11H2,1H3,(H,19,22)/t12-,16+/m1/s1. The average molecular weight is 345 g/mol. The van der Waals surface area contributed by atoms with Gasteiger partial charge in [0.05, 0.1) is 13.7 Å². The lowest BCUT2D eigenvalue weighted by atomic mass is 9.82. The van der Waals surface area contributed by atoms with Gasteiger partial charge in [0.25, 0.3) is 0 Å². The second kappa shape index (κ2) is 6.33. The second-order valence-electron chi connectivity index (χ2n) is 6.92. The zero-order valence-electron chi connectivity index (χ0n) is 14.0. The van der Waals surface area contributed by atoms with Crippen LogP contribution in [0, 0.1) is 5.92 Å². The van der Waals surface area contributed by atoms with Crippen LogP contribution in [0.3, 0.4) is 0 Å². The smallest absolute Gasteiger partial charge is 0.322 e. The van der Waals surface area contributed by atoms with E-state index in [1.54, 1.807) is 12.0 Å². The molecule has 6 heteroatoms. The number of benzene rings is 1. The maximum absolute atomic E-state index is 11.9. The van der Waals surface area contributed by atoms with Crippen molar-refractivity contribution in [1.29, 1.82) is 0 Å². The van der Waals surface area contributed by atoms with E-state index in [0.717, 1.165) is 49.6 Å². The summed E-state index contributed by atoms with van der Waals surface area (Å²) in [7, 11) is 1.72. The minimum Gasteiger partial charge on any atom is -0.497 e. The minimum atomic E-state index is -0.0313. The topological polar surface area (TPSA) is 44.8 Å². The van der Waals surface area contributed by atoms with Gasteiger partial charge in [-0.25, -0.2) is 4.79 Å². The van der Waals surface area contributed by atoms with Crippen LogP contribution < -0.4 is 10.1 Å². The van der Waals surface area contributed by atoms with Gasteiger partial charge in [0.2, 0.25) is 0 Å². The monoisotopic (exact) mass is 345 g/mol. The van der Waals surface area contributed by atoms with E-state index in [-0.39, 0.29) is 6.03 Å². The van der Waals surface area contributed by atoms with Crippen molar-refractivity contribution in [3.8, 4) is 5.75 Å². The zero-order chi connectivity index (χ0) is 16.7. The number of carbonyl (C=O) groups is 1. The lowest BCUT2D eigenvalue weighted by Crippen LogP contribution is -2.44. The number of ether oxygens (including phenoxy) is 1. The Hall–Kier alpha value is -1.66. The van der Waals surface area contributed by atoms with Crippen molar-refractivity contribution in [1.82, 2.24) is 15.1 Å². The van der Waals surface area contributed by atoms with Crippen LogP contribution in [-0.4, -0.2) is 54.1 Å². The van der Waals surface area contributed by atoms with Crippen LogP contribution in [-0.2, 0) is 6.42 Å². The first-order valence-corrected chi connectivity index (χ1v) is 9.05. The largest absolute Gasteiger partial charge is 0.497 e. The molecule has 2 fully saturated rings. The minimum absolute atomic E-state index is 0.0313. The number of amides is 2. The van der Waals surface area contributed by atoms with Crippen LogP contribution >= 0.6 is 12.2 Å². The van der Waals surface area contributed by atoms with Crippen LogP contribution in [0.25, 0.3) is 0 Å². The second-order valence-corrected chi connectivity index (χ2v) is 7.39. The summed E-state index contributed by atoms with van der Waals surface area (Å²) in [4.78, 5) is 17.0. The molecule has 0 aliphatic carbocycles. The van der Waals surface area contributed by atoms with Crippen LogP contribution in [0.2, 0.25) is 0 Å². The Morgan fingerprint density at radius 1 is 1.38 bits per heavy atom. The number of fused-ring (bicyclic) bond motifs is 3.